The molecule has 0 aliphatic heterocycles. The second kappa shape index (κ2) is 15.3. The fourth-order valence-electron chi connectivity index (χ4n) is 4.86. The maximum Gasteiger partial charge on any atom is 0.272 e. The molecule has 8 nitrogen and oxygen atoms in total. The Balaban J connectivity index is 1.10. The molecule has 48 heavy (non-hydrogen) atoms. The zero-order valence-corrected chi connectivity index (χ0v) is 27.4. The van der Waals surface area contributed by atoms with Crippen LogP contribution in [0.1, 0.15) is 15.9 Å². The van der Waals surface area contributed by atoms with Crippen LogP contribution < -0.4 is 20.7 Å². The average molecular weight is 671 g/mol. The lowest BCUT2D eigenvalue weighted by atomic mass is 10.1. The van der Waals surface area contributed by atoms with Gasteiger partial charge in [0.05, 0.1) is 18.6 Å². The molecule has 10 heteroatoms. The molecule has 6 aromatic rings. The highest BCUT2D eigenvalue weighted by Gasteiger charge is 2.17. The van der Waals surface area contributed by atoms with E-state index in [9.17, 15) is 14.4 Å². The lowest BCUT2D eigenvalue weighted by molar-refractivity contribution is -0.114. The Morgan fingerprint density at radius 2 is 1.58 bits per heavy atom. The summed E-state index contributed by atoms with van der Waals surface area (Å²) in [6.45, 7) is 0. The third-order valence-electron chi connectivity index (χ3n) is 7.23. The van der Waals surface area contributed by atoms with Gasteiger partial charge in [-0.2, -0.15) is 0 Å². The summed E-state index contributed by atoms with van der Waals surface area (Å²) < 4.78 is 5.44. The minimum atomic E-state index is -0.518. The van der Waals surface area contributed by atoms with Crippen molar-refractivity contribution in [1.29, 1.82) is 0 Å². The van der Waals surface area contributed by atoms with Gasteiger partial charge in [0.15, 0.2) is 5.13 Å². The van der Waals surface area contributed by atoms with Gasteiger partial charge >= 0.3 is 0 Å². The first-order valence-corrected chi connectivity index (χ1v) is 16.8. The number of carbonyl (C=O) groups is 3. The van der Waals surface area contributed by atoms with E-state index in [1.165, 1.54) is 23.1 Å². The van der Waals surface area contributed by atoms with Crippen LogP contribution in [-0.4, -0.2) is 35.6 Å². The molecule has 238 valence electrons. The normalized spacial score (nSPS) is 11.1. The van der Waals surface area contributed by atoms with Crippen molar-refractivity contribution in [2.24, 2.45) is 0 Å². The van der Waals surface area contributed by atoms with Crippen molar-refractivity contribution < 1.29 is 19.1 Å². The number of fused-ring (bicyclic) bond motifs is 1. The number of aromatic nitrogens is 1. The van der Waals surface area contributed by atoms with E-state index < -0.39 is 11.8 Å². The Kier molecular flexibility index (Phi) is 10.2. The Hall–Kier alpha value is -5.71. The number of nitrogens with one attached hydrogen (secondary N) is 3. The highest BCUT2D eigenvalue weighted by Crippen LogP contribution is 2.29. The van der Waals surface area contributed by atoms with Gasteiger partial charge in [0, 0.05) is 32.7 Å². The second-order valence-corrected chi connectivity index (χ2v) is 12.4. The number of thioether (sulfide) groups is 1. The van der Waals surface area contributed by atoms with Crippen LogP contribution in [0.4, 0.5) is 10.8 Å². The predicted molar refractivity (Wildman–Crippen MR) is 194 cm³/mol. The summed E-state index contributed by atoms with van der Waals surface area (Å²) >= 11 is 2.70. The van der Waals surface area contributed by atoms with E-state index in [0.717, 1.165) is 26.9 Å². The molecule has 0 saturated carbocycles. The summed E-state index contributed by atoms with van der Waals surface area (Å²) in [6.07, 6.45) is 1.57. The SMILES string of the molecule is COc1ccccc1/C=C(/NC(=O)c1ccccc1)C(=O)Nc1cccc(SCC(=O)Nc2nc(-c3ccc4ccccc4c3)cs2)c1. The average Bonchev–Trinajstić information content (AvgIpc) is 3.59. The van der Waals surface area contributed by atoms with Crippen LogP contribution in [0.2, 0.25) is 0 Å². The molecule has 0 fully saturated rings. The standard InChI is InChI=1S/C38H30N4O4S2/c1-46-34-17-8-7-14-29(34)21-32(40-36(44)26-11-3-2-4-12-26)37(45)39-30-15-9-16-31(22-30)47-24-35(43)42-38-41-33(23-48-38)28-19-18-25-10-5-6-13-27(25)20-28/h2-23H,24H2,1H3,(H,39,45)(H,40,44)(H,41,42,43)/b32-21+. The predicted octanol–water partition coefficient (Wildman–Crippen LogP) is 8.11. The van der Waals surface area contributed by atoms with Crippen molar-refractivity contribution in [1.82, 2.24) is 10.3 Å². The second-order valence-electron chi connectivity index (χ2n) is 10.5. The lowest BCUT2D eigenvalue weighted by Gasteiger charge is -2.13. The van der Waals surface area contributed by atoms with Gasteiger partial charge in [-0.25, -0.2) is 4.98 Å². The molecule has 1 aromatic heterocycles. The molecule has 0 radical (unpaired) electrons. The molecular formula is C38H30N4O4S2. The molecule has 0 atom stereocenters. The van der Waals surface area contributed by atoms with Crippen LogP contribution in [0, 0.1) is 0 Å². The van der Waals surface area contributed by atoms with Crippen LogP contribution in [0.3, 0.4) is 0 Å². The lowest BCUT2D eigenvalue weighted by Crippen LogP contribution is -2.30. The van der Waals surface area contributed by atoms with Crippen LogP contribution >= 0.6 is 23.1 Å². The number of hydrogen-bond donors (Lipinski definition) is 3. The summed E-state index contributed by atoms with van der Waals surface area (Å²) in [5.41, 5.74) is 3.37. The van der Waals surface area contributed by atoms with Crippen molar-refractivity contribution in [3.63, 3.8) is 0 Å². The number of thiazole rings is 1. The molecule has 0 spiro atoms. The molecule has 0 saturated heterocycles. The highest BCUT2D eigenvalue weighted by molar-refractivity contribution is 8.00. The minimum absolute atomic E-state index is 0.0392. The van der Waals surface area contributed by atoms with Crippen molar-refractivity contribution in [2.45, 2.75) is 4.90 Å². The minimum Gasteiger partial charge on any atom is -0.496 e. The van der Waals surface area contributed by atoms with Gasteiger partial charge in [-0.1, -0.05) is 78.9 Å². The number of nitrogens with zero attached hydrogens (tertiary/aromatic N) is 1. The first kappa shape index (κ1) is 32.2. The molecular weight excluding hydrogens is 641 g/mol. The van der Waals surface area contributed by atoms with Crippen LogP contribution in [-0.2, 0) is 9.59 Å². The van der Waals surface area contributed by atoms with E-state index >= 15 is 0 Å². The number of ether oxygens (including phenoxy) is 1. The monoisotopic (exact) mass is 670 g/mol. The van der Waals surface area contributed by atoms with Crippen molar-refractivity contribution in [3.8, 4) is 17.0 Å². The largest absolute Gasteiger partial charge is 0.496 e. The van der Waals surface area contributed by atoms with E-state index in [1.807, 2.05) is 47.8 Å². The Morgan fingerprint density at radius 1 is 0.812 bits per heavy atom. The highest BCUT2D eigenvalue weighted by atomic mass is 32.2. The molecule has 1 heterocycles. The summed E-state index contributed by atoms with van der Waals surface area (Å²) in [7, 11) is 1.54. The molecule has 3 amide bonds. The van der Waals surface area contributed by atoms with E-state index in [1.54, 1.807) is 67.8 Å². The third-order valence-corrected chi connectivity index (χ3v) is 8.98. The molecule has 0 unspecified atom stereocenters. The molecule has 0 aliphatic rings. The van der Waals surface area contributed by atoms with Gasteiger partial charge in [0.25, 0.3) is 11.8 Å². The van der Waals surface area contributed by atoms with Gasteiger partial charge in [0.1, 0.15) is 11.4 Å². The number of amides is 3. The Morgan fingerprint density at radius 3 is 2.42 bits per heavy atom. The molecule has 3 N–H and O–H groups in total. The van der Waals surface area contributed by atoms with Crippen molar-refractivity contribution in [2.75, 3.05) is 23.5 Å². The van der Waals surface area contributed by atoms with Crippen molar-refractivity contribution in [3.05, 3.63) is 144 Å². The fraction of sp³-hybridized carbons (Fsp3) is 0.0526. The number of para-hydroxylation sites is 1. The number of hydrogen-bond acceptors (Lipinski definition) is 7. The van der Waals surface area contributed by atoms with Crippen LogP contribution in [0.25, 0.3) is 28.1 Å². The van der Waals surface area contributed by atoms with E-state index in [4.69, 9.17) is 4.74 Å². The van der Waals surface area contributed by atoms with E-state index in [0.29, 0.717) is 27.7 Å². The first-order valence-electron chi connectivity index (χ1n) is 14.9. The van der Waals surface area contributed by atoms with Crippen LogP contribution in [0.5, 0.6) is 5.75 Å². The number of methoxy groups -OCH3 is 1. The quantitative estimate of drug-likeness (QED) is 0.0949. The smallest absolute Gasteiger partial charge is 0.272 e. The molecule has 0 bridgehead atoms. The first-order chi connectivity index (χ1) is 23.4. The number of benzene rings is 5. The number of carbonyl (C=O) groups excluding carboxylic acids is 3. The molecule has 0 aliphatic carbocycles. The summed E-state index contributed by atoms with van der Waals surface area (Å²) in [5, 5.41) is 13.2. The van der Waals surface area contributed by atoms with Gasteiger partial charge < -0.3 is 20.7 Å². The summed E-state index contributed by atoms with van der Waals surface area (Å²) in [5.74, 6) is -0.438. The van der Waals surface area contributed by atoms with Crippen molar-refractivity contribution >= 4 is 68.5 Å². The van der Waals surface area contributed by atoms with Crippen LogP contribution in [0.15, 0.2) is 137 Å². The molecule has 6 rings (SSSR count). The number of anilines is 2. The summed E-state index contributed by atoms with van der Waals surface area (Å²) in [6, 6.07) is 37.3. The zero-order chi connectivity index (χ0) is 33.3. The van der Waals surface area contributed by atoms with Gasteiger partial charge in [0.2, 0.25) is 5.91 Å². The Bertz CT molecular complexity index is 2130. The Labute approximate surface area is 285 Å². The maximum atomic E-state index is 13.5. The van der Waals surface area contributed by atoms with Gasteiger partial charge in [-0.05, 0) is 59.3 Å². The topological polar surface area (TPSA) is 109 Å². The summed E-state index contributed by atoms with van der Waals surface area (Å²) in [4.78, 5) is 44.7. The van der Waals surface area contributed by atoms with Gasteiger partial charge in [-0.15, -0.1) is 23.1 Å². The zero-order valence-electron chi connectivity index (χ0n) is 25.8. The van der Waals surface area contributed by atoms with E-state index in [-0.39, 0.29) is 17.4 Å². The number of rotatable bonds is 11. The van der Waals surface area contributed by atoms with Gasteiger partial charge in [-0.3, -0.25) is 14.4 Å². The third kappa shape index (κ3) is 8.16. The maximum absolute atomic E-state index is 13.5. The molecule has 5 aromatic carbocycles. The fourth-order valence-corrected chi connectivity index (χ4v) is 6.35. The van der Waals surface area contributed by atoms with E-state index in [2.05, 4.69) is 45.2 Å².